The van der Waals surface area contributed by atoms with Crippen molar-refractivity contribution in [3.63, 3.8) is 0 Å². The highest BCUT2D eigenvalue weighted by Crippen LogP contribution is 2.22. The second kappa shape index (κ2) is 6.61. The molecule has 26 heavy (non-hydrogen) atoms. The standard InChI is InChI=1S/C20H20N4OS/c1-13-8-9-14(2)15(10-13)11-26-12-18-21-22-20-23(3)19(25)16-6-4-5-7-17(16)24(18)20/h4-10H,11-12H2,1-3H3. The van der Waals surface area contributed by atoms with Gasteiger partial charge in [-0.15, -0.1) is 22.0 Å². The van der Waals surface area contributed by atoms with E-state index < -0.39 is 0 Å². The SMILES string of the molecule is Cc1ccc(C)c(CSCc2nnc3n(C)c(=O)c4ccccc4n23)c1. The maximum atomic E-state index is 12.5. The molecule has 5 nitrogen and oxygen atoms in total. The molecule has 0 aliphatic heterocycles. The molecule has 0 saturated carbocycles. The minimum atomic E-state index is -0.0462. The van der Waals surface area contributed by atoms with Crippen LogP contribution in [-0.4, -0.2) is 19.2 Å². The lowest BCUT2D eigenvalue weighted by molar-refractivity contribution is 0.858. The number of hydrogen-bond donors (Lipinski definition) is 0. The number of nitrogens with zero attached hydrogens (tertiary/aromatic N) is 4. The Balaban J connectivity index is 1.69. The zero-order valence-electron chi connectivity index (χ0n) is 15.1. The van der Waals surface area contributed by atoms with Crippen LogP contribution in [0.25, 0.3) is 16.7 Å². The second-order valence-corrected chi connectivity index (χ2v) is 7.54. The van der Waals surface area contributed by atoms with E-state index in [1.807, 2.05) is 40.4 Å². The van der Waals surface area contributed by atoms with Gasteiger partial charge in [0.25, 0.3) is 5.56 Å². The van der Waals surface area contributed by atoms with Crippen molar-refractivity contribution >= 4 is 28.4 Å². The van der Waals surface area contributed by atoms with E-state index in [9.17, 15) is 4.79 Å². The second-order valence-electron chi connectivity index (χ2n) is 6.56. The first-order valence-electron chi connectivity index (χ1n) is 8.52. The molecule has 2 aromatic heterocycles. The fourth-order valence-electron chi connectivity index (χ4n) is 3.19. The molecule has 0 aliphatic carbocycles. The molecule has 0 fully saturated rings. The van der Waals surface area contributed by atoms with Gasteiger partial charge >= 0.3 is 0 Å². The third-order valence-electron chi connectivity index (χ3n) is 4.69. The molecule has 0 unspecified atom stereocenters. The molecule has 6 heteroatoms. The number of thioether (sulfide) groups is 1. The molecule has 0 radical (unpaired) electrons. The van der Waals surface area contributed by atoms with Crippen molar-refractivity contribution in [2.75, 3.05) is 0 Å². The quantitative estimate of drug-likeness (QED) is 0.555. The van der Waals surface area contributed by atoms with Gasteiger partial charge in [-0.1, -0.05) is 35.9 Å². The van der Waals surface area contributed by atoms with E-state index >= 15 is 0 Å². The first kappa shape index (κ1) is 16.8. The summed E-state index contributed by atoms with van der Waals surface area (Å²) in [4.78, 5) is 12.5. The van der Waals surface area contributed by atoms with Crippen LogP contribution in [0.2, 0.25) is 0 Å². The summed E-state index contributed by atoms with van der Waals surface area (Å²) in [7, 11) is 1.74. The summed E-state index contributed by atoms with van der Waals surface area (Å²) in [6, 6.07) is 14.2. The Morgan fingerprint density at radius 3 is 2.69 bits per heavy atom. The number of fused-ring (bicyclic) bond motifs is 3. The molecular formula is C20H20N4OS. The van der Waals surface area contributed by atoms with Gasteiger partial charge in [0.15, 0.2) is 0 Å². The predicted octanol–water partition coefficient (Wildman–Crippen LogP) is 3.63. The highest BCUT2D eigenvalue weighted by molar-refractivity contribution is 7.97. The molecule has 0 amide bonds. The molecule has 2 aromatic carbocycles. The highest BCUT2D eigenvalue weighted by Gasteiger charge is 2.14. The molecule has 0 bridgehead atoms. The van der Waals surface area contributed by atoms with E-state index in [4.69, 9.17) is 0 Å². The van der Waals surface area contributed by atoms with E-state index in [1.54, 1.807) is 11.6 Å². The number of para-hydroxylation sites is 1. The van der Waals surface area contributed by atoms with Gasteiger partial charge in [-0.2, -0.15) is 0 Å². The van der Waals surface area contributed by atoms with Crippen LogP contribution < -0.4 is 5.56 Å². The topological polar surface area (TPSA) is 52.2 Å². The van der Waals surface area contributed by atoms with E-state index in [0.717, 1.165) is 22.8 Å². The van der Waals surface area contributed by atoms with Gasteiger partial charge in [-0.05, 0) is 37.1 Å². The van der Waals surface area contributed by atoms with Crippen LogP contribution in [0.4, 0.5) is 0 Å². The smallest absolute Gasteiger partial charge is 0.262 e. The van der Waals surface area contributed by atoms with Crippen LogP contribution in [0.3, 0.4) is 0 Å². The molecule has 132 valence electrons. The summed E-state index contributed by atoms with van der Waals surface area (Å²) in [5.41, 5.74) is 4.75. The molecule has 0 N–H and O–H groups in total. The lowest BCUT2D eigenvalue weighted by atomic mass is 10.1. The summed E-state index contributed by atoms with van der Waals surface area (Å²) in [5.74, 6) is 3.10. The Bertz CT molecular complexity index is 1180. The van der Waals surface area contributed by atoms with Crippen LogP contribution in [-0.2, 0) is 18.6 Å². The maximum absolute atomic E-state index is 12.5. The molecule has 0 atom stereocenters. The van der Waals surface area contributed by atoms with Gasteiger partial charge in [-0.25, -0.2) is 0 Å². The van der Waals surface area contributed by atoms with E-state index in [-0.39, 0.29) is 5.56 Å². The van der Waals surface area contributed by atoms with Gasteiger partial charge in [0.1, 0.15) is 5.82 Å². The van der Waals surface area contributed by atoms with Crippen molar-refractivity contribution < 1.29 is 0 Å². The predicted molar refractivity (Wildman–Crippen MR) is 107 cm³/mol. The lowest BCUT2D eigenvalue weighted by Gasteiger charge is -2.09. The normalized spacial score (nSPS) is 11.5. The third-order valence-corrected chi connectivity index (χ3v) is 5.66. The lowest BCUT2D eigenvalue weighted by Crippen LogP contribution is -2.20. The van der Waals surface area contributed by atoms with Crippen molar-refractivity contribution in [3.8, 4) is 0 Å². The maximum Gasteiger partial charge on any atom is 0.262 e. The minimum absolute atomic E-state index is 0.0462. The van der Waals surface area contributed by atoms with Gasteiger partial charge in [0.2, 0.25) is 5.78 Å². The van der Waals surface area contributed by atoms with Crippen molar-refractivity contribution in [2.24, 2.45) is 7.05 Å². The summed E-state index contributed by atoms with van der Waals surface area (Å²) < 4.78 is 3.56. The van der Waals surface area contributed by atoms with Gasteiger partial charge in [0.05, 0.1) is 16.7 Å². The molecular weight excluding hydrogens is 344 g/mol. The van der Waals surface area contributed by atoms with Crippen LogP contribution in [0.5, 0.6) is 0 Å². The first-order valence-corrected chi connectivity index (χ1v) is 9.67. The van der Waals surface area contributed by atoms with Gasteiger partial charge < -0.3 is 0 Å². The van der Waals surface area contributed by atoms with E-state index in [2.05, 4.69) is 42.2 Å². The molecule has 2 heterocycles. The van der Waals surface area contributed by atoms with Crippen molar-refractivity contribution in [3.05, 3.63) is 75.3 Å². The number of benzene rings is 2. The molecule has 0 saturated heterocycles. The zero-order valence-corrected chi connectivity index (χ0v) is 15.9. The monoisotopic (exact) mass is 364 g/mol. The van der Waals surface area contributed by atoms with Crippen LogP contribution >= 0.6 is 11.8 Å². The molecule has 4 aromatic rings. The number of hydrogen-bond acceptors (Lipinski definition) is 4. The molecule has 0 aliphatic rings. The van der Waals surface area contributed by atoms with Crippen molar-refractivity contribution in [1.82, 2.24) is 19.2 Å². The van der Waals surface area contributed by atoms with Gasteiger partial charge in [0, 0.05) is 12.8 Å². The largest absolute Gasteiger partial charge is 0.279 e. The number of aromatic nitrogens is 4. The average Bonchev–Trinajstić information content (AvgIpc) is 3.07. The van der Waals surface area contributed by atoms with E-state index in [0.29, 0.717) is 11.2 Å². The van der Waals surface area contributed by atoms with Gasteiger partial charge in [-0.3, -0.25) is 13.8 Å². The van der Waals surface area contributed by atoms with Crippen molar-refractivity contribution in [2.45, 2.75) is 25.4 Å². The van der Waals surface area contributed by atoms with E-state index in [1.165, 1.54) is 16.7 Å². The first-order chi connectivity index (χ1) is 12.6. The minimum Gasteiger partial charge on any atom is -0.279 e. The summed E-state index contributed by atoms with van der Waals surface area (Å²) >= 11 is 1.81. The van der Waals surface area contributed by atoms with Crippen LogP contribution in [0.15, 0.2) is 47.3 Å². The van der Waals surface area contributed by atoms with Crippen molar-refractivity contribution in [1.29, 1.82) is 0 Å². The Morgan fingerprint density at radius 1 is 1.04 bits per heavy atom. The summed E-state index contributed by atoms with van der Waals surface area (Å²) in [5, 5.41) is 9.28. The summed E-state index contributed by atoms with van der Waals surface area (Å²) in [6.07, 6.45) is 0. The van der Waals surface area contributed by atoms with Crippen LogP contribution in [0.1, 0.15) is 22.5 Å². The Morgan fingerprint density at radius 2 is 1.85 bits per heavy atom. The highest BCUT2D eigenvalue weighted by atomic mass is 32.2. The Labute approximate surface area is 155 Å². The fourth-order valence-corrected chi connectivity index (χ4v) is 4.20. The van der Waals surface area contributed by atoms with Crippen LogP contribution in [0, 0.1) is 13.8 Å². The zero-order chi connectivity index (χ0) is 18.3. The fraction of sp³-hybridized carbons (Fsp3) is 0.250. The molecule has 0 spiro atoms. The molecule has 4 rings (SSSR count). The number of rotatable bonds is 4. The Hall–Kier alpha value is -2.60. The summed E-state index contributed by atoms with van der Waals surface area (Å²) in [6.45, 7) is 4.26. The Kier molecular flexibility index (Phi) is 4.28. The number of aryl methyl sites for hydroxylation is 3. The average molecular weight is 364 g/mol. The third kappa shape index (κ3) is 2.80.